The molecule has 0 amide bonds. The SMILES string of the molecule is CCCC1(c2nc3ncccc3n2C)CCNC1. The van der Waals surface area contributed by atoms with Gasteiger partial charge in [0.1, 0.15) is 5.82 Å². The van der Waals surface area contributed by atoms with Crippen LogP contribution in [0.15, 0.2) is 18.3 Å². The molecule has 96 valence electrons. The number of hydrogen-bond donors (Lipinski definition) is 1. The van der Waals surface area contributed by atoms with Crippen LogP contribution in [0.4, 0.5) is 0 Å². The molecule has 1 atom stereocenters. The van der Waals surface area contributed by atoms with E-state index in [1.54, 1.807) is 0 Å². The number of nitrogens with one attached hydrogen (secondary N) is 1. The maximum Gasteiger partial charge on any atom is 0.177 e. The molecule has 1 aliphatic heterocycles. The Kier molecular flexibility index (Phi) is 2.82. The first-order valence-corrected chi connectivity index (χ1v) is 6.75. The fourth-order valence-electron chi connectivity index (χ4n) is 3.24. The van der Waals surface area contributed by atoms with Gasteiger partial charge in [0, 0.05) is 25.2 Å². The summed E-state index contributed by atoms with van der Waals surface area (Å²) in [5.41, 5.74) is 2.21. The molecule has 0 radical (unpaired) electrons. The summed E-state index contributed by atoms with van der Waals surface area (Å²) in [6, 6.07) is 4.08. The van der Waals surface area contributed by atoms with E-state index in [-0.39, 0.29) is 5.41 Å². The Labute approximate surface area is 107 Å². The zero-order valence-corrected chi connectivity index (χ0v) is 11.1. The summed E-state index contributed by atoms with van der Waals surface area (Å²) < 4.78 is 2.23. The van der Waals surface area contributed by atoms with Crippen LogP contribution in [0.3, 0.4) is 0 Å². The van der Waals surface area contributed by atoms with Crippen LogP contribution in [0.1, 0.15) is 32.0 Å². The van der Waals surface area contributed by atoms with Crippen molar-refractivity contribution in [1.82, 2.24) is 19.9 Å². The maximum atomic E-state index is 4.80. The Morgan fingerprint density at radius 2 is 2.39 bits per heavy atom. The lowest BCUT2D eigenvalue weighted by Crippen LogP contribution is -2.32. The van der Waals surface area contributed by atoms with Crippen LogP contribution >= 0.6 is 0 Å². The number of pyridine rings is 1. The molecule has 4 nitrogen and oxygen atoms in total. The monoisotopic (exact) mass is 244 g/mol. The van der Waals surface area contributed by atoms with Crippen LogP contribution in [0.2, 0.25) is 0 Å². The summed E-state index contributed by atoms with van der Waals surface area (Å²) in [7, 11) is 2.11. The Balaban J connectivity index is 2.14. The second kappa shape index (κ2) is 4.35. The topological polar surface area (TPSA) is 42.7 Å². The highest BCUT2D eigenvalue weighted by atomic mass is 15.1. The molecule has 1 fully saturated rings. The third-order valence-corrected chi connectivity index (χ3v) is 4.10. The van der Waals surface area contributed by atoms with E-state index in [0.29, 0.717) is 0 Å². The number of nitrogens with zero attached hydrogens (tertiary/aromatic N) is 3. The first kappa shape index (κ1) is 11.7. The molecule has 2 aromatic rings. The van der Waals surface area contributed by atoms with Gasteiger partial charge in [0.05, 0.1) is 5.52 Å². The van der Waals surface area contributed by atoms with Gasteiger partial charge in [-0.05, 0) is 31.5 Å². The Hall–Kier alpha value is -1.42. The highest BCUT2D eigenvalue weighted by molar-refractivity contribution is 5.71. The van der Waals surface area contributed by atoms with Crippen molar-refractivity contribution in [2.75, 3.05) is 13.1 Å². The summed E-state index contributed by atoms with van der Waals surface area (Å²) in [6.45, 7) is 4.38. The molecule has 1 N–H and O–H groups in total. The standard InChI is InChI=1S/C14H20N4/c1-3-6-14(7-9-15-10-14)13-17-12-11(18(13)2)5-4-8-16-12/h4-5,8,15H,3,6-7,9-10H2,1-2H3. The summed E-state index contributed by atoms with van der Waals surface area (Å²) in [6.07, 6.45) is 5.38. The van der Waals surface area contributed by atoms with E-state index in [4.69, 9.17) is 4.98 Å². The first-order chi connectivity index (χ1) is 8.77. The lowest BCUT2D eigenvalue weighted by Gasteiger charge is -2.27. The molecular formula is C14H20N4. The second-order valence-corrected chi connectivity index (χ2v) is 5.30. The largest absolute Gasteiger partial charge is 0.329 e. The number of imidazole rings is 1. The van der Waals surface area contributed by atoms with Gasteiger partial charge in [0.2, 0.25) is 0 Å². The van der Waals surface area contributed by atoms with Gasteiger partial charge >= 0.3 is 0 Å². The molecular weight excluding hydrogens is 224 g/mol. The molecule has 1 saturated heterocycles. The van der Waals surface area contributed by atoms with Crippen molar-refractivity contribution in [1.29, 1.82) is 0 Å². The van der Waals surface area contributed by atoms with Gasteiger partial charge in [-0.2, -0.15) is 0 Å². The molecule has 3 rings (SSSR count). The lowest BCUT2D eigenvalue weighted by molar-refractivity contribution is 0.393. The summed E-state index contributed by atoms with van der Waals surface area (Å²) >= 11 is 0. The summed E-state index contributed by atoms with van der Waals surface area (Å²) in [5.74, 6) is 1.20. The van der Waals surface area contributed by atoms with Gasteiger partial charge < -0.3 is 9.88 Å². The van der Waals surface area contributed by atoms with E-state index in [1.807, 2.05) is 12.3 Å². The molecule has 0 aromatic carbocycles. The lowest BCUT2D eigenvalue weighted by atomic mass is 9.81. The molecule has 0 saturated carbocycles. The van der Waals surface area contributed by atoms with Crippen molar-refractivity contribution in [3.63, 3.8) is 0 Å². The van der Waals surface area contributed by atoms with Crippen LogP contribution in [-0.2, 0) is 12.5 Å². The fraction of sp³-hybridized carbons (Fsp3) is 0.571. The molecule has 3 heterocycles. The molecule has 0 bridgehead atoms. The van der Waals surface area contributed by atoms with Crippen LogP contribution < -0.4 is 5.32 Å². The highest BCUT2D eigenvalue weighted by Gasteiger charge is 2.38. The van der Waals surface area contributed by atoms with Crippen molar-refractivity contribution in [3.05, 3.63) is 24.2 Å². The van der Waals surface area contributed by atoms with Gasteiger partial charge in [-0.15, -0.1) is 0 Å². The third kappa shape index (κ3) is 1.63. The third-order valence-electron chi connectivity index (χ3n) is 4.10. The minimum atomic E-state index is 0.199. The predicted octanol–water partition coefficient (Wildman–Crippen LogP) is 2.00. The Bertz CT molecular complexity index is 552. The minimum Gasteiger partial charge on any atom is -0.329 e. The smallest absolute Gasteiger partial charge is 0.177 e. The molecule has 1 aliphatic rings. The van der Waals surface area contributed by atoms with Crippen molar-refractivity contribution in [2.45, 2.75) is 31.6 Å². The van der Waals surface area contributed by atoms with Crippen molar-refractivity contribution >= 4 is 11.2 Å². The highest BCUT2D eigenvalue weighted by Crippen LogP contribution is 2.35. The molecule has 1 unspecified atom stereocenters. The van der Waals surface area contributed by atoms with Crippen molar-refractivity contribution < 1.29 is 0 Å². The molecule has 0 aliphatic carbocycles. The van der Waals surface area contributed by atoms with Gasteiger partial charge in [-0.1, -0.05) is 13.3 Å². The zero-order chi connectivity index (χ0) is 12.6. The van der Waals surface area contributed by atoms with E-state index < -0.39 is 0 Å². The van der Waals surface area contributed by atoms with E-state index in [0.717, 1.165) is 24.3 Å². The molecule has 4 heteroatoms. The number of aromatic nitrogens is 3. The number of rotatable bonds is 3. The van der Waals surface area contributed by atoms with Gasteiger partial charge in [-0.25, -0.2) is 9.97 Å². The normalized spacial score (nSPS) is 23.9. The quantitative estimate of drug-likeness (QED) is 0.898. The van der Waals surface area contributed by atoms with Crippen LogP contribution in [0.5, 0.6) is 0 Å². The minimum absolute atomic E-state index is 0.199. The van der Waals surface area contributed by atoms with Crippen LogP contribution in [0.25, 0.3) is 11.2 Å². The number of aryl methyl sites for hydroxylation is 1. The number of hydrogen-bond acceptors (Lipinski definition) is 3. The van der Waals surface area contributed by atoms with E-state index in [1.165, 1.54) is 25.1 Å². The van der Waals surface area contributed by atoms with Gasteiger partial charge in [0.25, 0.3) is 0 Å². The fourth-order valence-corrected chi connectivity index (χ4v) is 3.24. The van der Waals surface area contributed by atoms with Crippen LogP contribution in [0, 0.1) is 0 Å². The van der Waals surface area contributed by atoms with E-state index >= 15 is 0 Å². The van der Waals surface area contributed by atoms with Crippen LogP contribution in [-0.4, -0.2) is 27.6 Å². The summed E-state index contributed by atoms with van der Waals surface area (Å²) in [4.78, 5) is 9.17. The zero-order valence-electron chi connectivity index (χ0n) is 11.1. The molecule has 18 heavy (non-hydrogen) atoms. The van der Waals surface area contributed by atoms with Crippen molar-refractivity contribution in [3.8, 4) is 0 Å². The molecule has 2 aromatic heterocycles. The van der Waals surface area contributed by atoms with E-state index in [2.05, 4.69) is 34.9 Å². The van der Waals surface area contributed by atoms with Gasteiger partial charge in [-0.3, -0.25) is 0 Å². The average Bonchev–Trinajstić information content (AvgIpc) is 2.97. The summed E-state index contributed by atoms with van der Waals surface area (Å²) in [5, 5.41) is 3.49. The maximum absolute atomic E-state index is 4.80. The first-order valence-electron chi connectivity index (χ1n) is 6.75. The second-order valence-electron chi connectivity index (χ2n) is 5.30. The Morgan fingerprint density at radius 3 is 3.06 bits per heavy atom. The van der Waals surface area contributed by atoms with E-state index in [9.17, 15) is 0 Å². The number of fused-ring (bicyclic) bond motifs is 1. The van der Waals surface area contributed by atoms with Gasteiger partial charge in [0.15, 0.2) is 5.65 Å². The average molecular weight is 244 g/mol. The van der Waals surface area contributed by atoms with Crippen molar-refractivity contribution in [2.24, 2.45) is 7.05 Å². The Morgan fingerprint density at radius 1 is 1.50 bits per heavy atom. The molecule has 0 spiro atoms. The predicted molar refractivity (Wildman–Crippen MR) is 72.6 cm³/mol.